The van der Waals surface area contributed by atoms with Crippen molar-refractivity contribution in [2.45, 2.75) is 19.9 Å². The van der Waals surface area contributed by atoms with E-state index in [1.54, 1.807) is 49.6 Å². The van der Waals surface area contributed by atoms with Crippen LogP contribution in [0.15, 0.2) is 66.7 Å². The van der Waals surface area contributed by atoms with Gasteiger partial charge in [0.15, 0.2) is 0 Å². The number of amides is 4. The van der Waals surface area contributed by atoms with Gasteiger partial charge in [0.2, 0.25) is 0 Å². The number of nitrogens with one attached hydrogen (secondary N) is 2. The molecule has 0 atom stereocenters. The second kappa shape index (κ2) is 12.1. The molecule has 0 unspecified atom stereocenters. The molecule has 0 saturated heterocycles. The van der Waals surface area contributed by atoms with Crippen LogP contribution in [0, 0.1) is 0 Å². The minimum absolute atomic E-state index is 0.0931. The molecule has 4 rings (SSSR count). The first-order valence-electron chi connectivity index (χ1n) is 12.2. The summed E-state index contributed by atoms with van der Waals surface area (Å²) in [6.45, 7) is 2.02. The van der Waals surface area contributed by atoms with Gasteiger partial charge < -0.3 is 20.1 Å². The Labute approximate surface area is 224 Å². The number of nitrogens with zero attached hydrogens (tertiary/aromatic N) is 1. The number of esters is 1. The van der Waals surface area contributed by atoms with Gasteiger partial charge in [0.1, 0.15) is 5.75 Å². The van der Waals surface area contributed by atoms with Crippen LogP contribution in [0.4, 0.5) is 5.69 Å². The van der Waals surface area contributed by atoms with Gasteiger partial charge in [-0.25, -0.2) is 0 Å². The Bertz CT molecular complexity index is 1450. The summed E-state index contributed by atoms with van der Waals surface area (Å²) < 4.78 is 10.0. The first-order chi connectivity index (χ1) is 18.8. The van der Waals surface area contributed by atoms with E-state index in [9.17, 15) is 24.0 Å². The smallest absolute Gasteiger partial charge is 0.308 e. The highest BCUT2D eigenvalue weighted by Crippen LogP contribution is 2.25. The number of ether oxygens (including phenoxy) is 2. The zero-order valence-electron chi connectivity index (χ0n) is 21.5. The highest BCUT2D eigenvalue weighted by molar-refractivity contribution is 6.22. The number of methoxy groups -OCH3 is 1. The molecule has 3 aromatic carbocycles. The van der Waals surface area contributed by atoms with Gasteiger partial charge in [-0.2, -0.15) is 0 Å². The molecule has 1 heterocycles. The zero-order valence-corrected chi connectivity index (χ0v) is 21.5. The molecule has 39 heavy (non-hydrogen) atoms. The maximum Gasteiger partial charge on any atom is 0.308 e. The van der Waals surface area contributed by atoms with Crippen LogP contribution < -0.4 is 15.4 Å². The number of imide groups is 1. The number of hydrogen-bond donors (Lipinski definition) is 2. The first kappa shape index (κ1) is 27.2. The third-order valence-electron chi connectivity index (χ3n) is 6.03. The normalized spacial score (nSPS) is 12.2. The minimum Gasteiger partial charge on any atom is -0.427 e. The largest absolute Gasteiger partial charge is 0.427 e. The fourth-order valence-electron chi connectivity index (χ4n) is 4.14. The molecule has 0 fully saturated rings. The highest BCUT2D eigenvalue weighted by atomic mass is 16.5. The molecule has 1 aliphatic rings. The van der Waals surface area contributed by atoms with Crippen molar-refractivity contribution in [3.8, 4) is 5.75 Å². The molecule has 10 nitrogen and oxygen atoms in total. The number of rotatable bonds is 10. The van der Waals surface area contributed by atoms with Gasteiger partial charge in [0.05, 0.1) is 11.1 Å². The number of hydrogen-bond acceptors (Lipinski definition) is 7. The van der Waals surface area contributed by atoms with E-state index < -0.39 is 23.7 Å². The number of fused-ring (bicyclic) bond motifs is 1. The Balaban J connectivity index is 1.42. The fraction of sp³-hybridized carbons (Fsp3) is 0.207. The highest BCUT2D eigenvalue weighted by Gasteiger charge is 2.35. The average Bonchev–Trinajstić information content (AvgIpc) is 3.16. The molecular formula is C29H27N3O7. The summed E-state index contributed by atoms with van der Waals surface area (Å²) in [6, 6.07) is 17.6. The zero-order chi connectivity index (χ0) is 27.9. The van der Waals surface area contributed by atoms with Crippen LogP contribution in [0.2, 0.25) is 0 Å². The molecule has 0 aromatic heterocycles. The molecule has 0 saturated carbocycles. The van der Waals surface area contributed by atoms with Crippen molar-refractivity contribution in [1.29, 1.82) is 0 Å². The molecule has 3 aromatic rings. The van der Waals surface area contributed by atoms with E-state index in [4.69, 9.17) is 9.47 Å². The number of carbonyl (C=O) groups is 5. The molecular weight excluding hydrogens is 502 g/mol. The van der Waals surface area contributed by atoms with E-state index in [0.29, 0.717) is 29.8 Å². The maximum atomic E-state index is 12.9. The van der Waals surface area contributed by atoms with E-state index in [1.807, 2.05) is 0 Å². The molecule has 0 aliphatic carbocycles. The number of anilines is 1. The van der Waals surface area contributed by atoms with Gasteiger partial charge in [-0.3, -0.25) is 28.9 Å². The van der Waals surface area contributed by atoms with Gasteiger partial charge in [-0.05, 0) is 54.4 Å². The SMILES string of the molecule is COCCCN1C(=O)c2ccc(C(=O)NCc3ccccc3NC(=O)c3cccc(OC(C)=O)c3)cc2C1=O. The molecule has 1 aliphatic heterocycles. The van der Waals surface area contributed by atoms with Crippen molar-refractivity contribution in [1.82, 2.24) is 10.2 Å². The molecule has 200 valence electrons. The van der Waals surface area contributed by atoms with Gasteiger partial charge in [0, 0.05) is 50.5 Å². The van der Waals surface area contributed by atoms with Crippen LogP contribution in [0.3, 0.4) is 0 Å². The fourth-order valence-corrected chi connectivity index (χ4v) is 4.14. The topological polar surface area (TPSA) is 131 Å². The number of carbonyl (C=O) groups excluding carboxylic acids is 5. The summed E-state index contributed by atoms with van der Waals surface area (Å²) in [7, 11) is 1.55. The summed E-state index contributed by atoms with van der Waals surface area (Å²) in [4.78, 5) is 63.5. The van der Waals surface area contributed by atoms with Crippen molar-refractivity contribution < 1.29 is 33.4 Å². The third kappa shape index (κ3) is 6.36. The van der Waals surface area contributed by atoms with Crippen molar-refractivity contribution in [2.75, 3.05) is 25.6 Å². The standard InChI is InChI=1S/C29H27N3O7/c1-18(33)39-22-9-5-8-19(15-22)27(35)31-25-10-4-3-7-21(25)17-30-26(34)20-11-12-23-24(16-20)29(37)32(28(23)36)13-6-14-38-2/h3-5,7-12,15-16H,6,13-14,17H2,1-2H3,(H,30,34)(H,31,35). The van der Waals surface area contributed by atoms with Gasteiger partial charge in [-0.15, -0.1) is 0 Å². The summed E-state index contributed by atoms with van der Waals surface area (Å²) in [5, 5.41) is 5.61. The molecule has 10 heteroatoms. The van der Waals surface area contributed by atoms with Crippen LogP contribution in [-0.4, -0.2) is 54.8 Å². The van der Waals surface area contributed by atoms with Crippen LogP contribution in [-0.2, 0) is 16.1 Å². The lowest BCUT2D eigenvalue weighted by Crippen LogP contribution is -2.31. The maximum absolute atomic E-state index is 12.9. The Morgan fingerprint density at radius 1 is 0.846 bits per heavy atom. The second-order valence-electron chi connectivity index (χ2n) is 8.78. The third-order valence-corrected chi connectivity index (χ3v) is 6.03. The molecule has 0 radical (unpaired) electrons. The Morgan fingerprint density at radius 2 is 1.59 bits per heavy atom. The lowest BCUT2D eigenvalue weighted by atomic mass is 10.1. The monoisotopic (exact) mass is 529 g/mol. The van der Waals surface area contributed by atoms with Crippen LogP contribution in [0.5, 0.6) is 5.75 Å². The lowest BCUT2D eigenvalue weighted by Gasteiger charge is -2.13. The van der Waals surface area contributed by atoms with E-state index in [0.717, 1.165) is 4.90 Å². The van der Waals surface area contributed by atoms with Gasteiger partial charge >= 0.3 is 5.97 Å². The first-order valence-corrected chi connectivity index (χ1v) is 12.2. The Hall–Kier alpha value is -4.83. The molecule has 0 bridgehead atoms. The van der Waals surface area contributed by atoms with Crippen LogP contribution >= 0.6 is 0 Å². The second-order valence-corrected chi connectivity index (χ2v) is 8.78. The van der Waals surface area contributed by atoms with Crippen LogP contribution in [0.25, 0.3) is 0 Å². The van der Waals surface area contributed by atoms with E-state index in [2.05, 4.69) is 10.6 Å². The molecule has 0 spiro atoms. The van der Waals surface area contributed by atoms with E-state index >= 15 is 0 Å². The summed E-state index contributed by atoms with van der Waals surface area (Å²) in [5.74, 6) is -1.92. The van der Waals surface area contributed by atoms with Gasteiger partial charge in [0.25, 0.3) is 23.6 Å². The minimum atomic E-state index is -0.493. The Kier molecular flexibility index (Phi) is 8.47. The number of para-hydroxylation sites is 1. The van der Waals surface area contributed by atoms with Crippen molar-refractivity contribution in [2.24, 2.45) is 0 Å². The van der Waals surface area contributed by atoms with Crippen molar-refractivity contribution >= 4 is 35.3 Å². The predicted molar refractivity (Wildman–Crippen MR) is 142 cm³/mol. The van der Waals surface area contributed by atoms with Crippen molar-refractivity contribution in [3.05, 3.63) is 94.5 Å². The lowest BCUT2D eigenvalue weighted by molar-refractivity contribution is -0.131. The van der Waals surface area contributed by atoms with Gasteiger partial charge in [-0.1, -0.05) is 24.3 Å². The Morgan fingerprint density at radius 3 is 2.36 bits per heavy atom. The predicted octanol–water partition coefficient (Wildman–Crippen LogP) is 3.43. The quantitative estimate of drug-likeness (QED) is 0.178. The molecule has 4 amide bonds. The molecule has 2 N–H and O–H groups in total. The van der Waals surface area contributed by atoms with E-state index in [-0.39, 0.29) is 41.4 Å². The van der Waals surface area contributed by atoms with Crippen molar-refractivity contribution in [3.63, 3.8) is 0 Å². The summed E-state index contributed by atoms with van der Waals surface area (Å²) >= 11 is 0. The van der Waals surface area contributed by atoms with E-state index in [1.165, 1.54) is 31.2 Å². The van der Waals surface area contributed by atoms with Crippen LogP contribution in [0.1, 0.15) is 60.3 Å². The number of benzene rings is 3. The summed E-state index contributed by atoms with van der Waals surface area (Å²) in [6.07, 6.45) is 0.517. The average molecular weight is 530 g/mol. The summed E-state index contributed by atoms with van der Waals surface area (Å²) in [5.41, 5.74) is 2.11.